The molecule has 0 aliphatic carbocycles. The lowest BCUT2D eigenvalue weighted by molar-refractivity contribution is 0.276. The smallest absolute Gasteiger partial charge is 0.137 e. The van der Waals surface area contributed by atoms with Gasteiger partial charge in [-0.25, -0.2) is 0 Å². The van der Waals surface area contributed by atoms with Gasteiger partial charge in [0.05, 0.1) is 6.20 Å². The van der Waals surface area contributed by atoms with Crippen LogP contribution in [0.15, 0.2) is 18.3 Å². The van der Waals surface area contributed by atoms with E-state index >= 15 is 0 Å². The molecule has 1 N–H and O–H groups in total. The van der Waals surface area contributed by atoms with Gasteiger partial charge in [-0.05, 0) is 31.5 Å². The van der Waals surface area contributed by atoms with Gasteiger partial charge in [-0.3, -0.25) is 4.98 Å². The molecule has 0 amide bonds. The molecule has 1 fully saturated rings. The van der Waals surface area contributed by atoms with E-state index in [1.54, 1.807) is 0 Å². The highest BCUT2D eigenvalue weighted by Crippen LogP contribution is 2.21. The van der Waals surface area contributed by atoms with E-state index in [9.17, 15) is 0 Å². The predicted molar refractivity (Wildman–Crippen MR) is 69.5 cm³/mol. The molecule has 1 aromatic rings. The lowest BCUT2D eigenvalue weighted by Crippen LogP contribution is -2.28. The molecular formula is C14H22N2O. The normalized spacial score (nSPS) is 20.5. The molecule has 1 saturated heterocycles. The minimum atomic E-state index is 0.103. The van der Waals surface area contributed by atoms with Crippen molar-refractivity contribution in [3.05, 3.63) is 24.0 Å². The minimum Gasteiger partial charge on any atom is -0.490 e. The first kappa shape index (κ1) is 12.4. The van der Waals surface area contributed by atoms with Crippen LogP contribution in [0.5, 0.6) is 5.75 Å². The summed E-state index contributed by atoms with van der Waals surface area (Å²) in [6, 6.07) is 4.58. The minimum absolute atomic E-state index is 0.103. The Bertz CT molecular complexity index is 347. The largest absolute Gasteiger partial charge is 0.490 e. The third-order valence-corrected chi connectivity index (χ3v) is 3.12. The van der Waals surface area contributed by atoms with E-state index in [0.717, 1.165) is 24.6 Å². The highest BCUT2D eigenvalue weighted by molar-refractivity contribution is 5.23. The Hall–Kier alpha value is -1.09. The third-order valence-electron chi connectivity index (χ3n) is 3.12. The second-order valence-electron chi connectivity index (χ2n) is 5.73. The zero-order chi connectivity index (χ0) is 12.3. The quantitative estimate of drug-likeness (QED) is 0.872. The van der Waals surface area contributed by atoms with Crippen molar-refractivity contribution in [3.8, 4) is 5.75 Å². The molecule has 94 valence electrons. The van der Waals surface area contributed by atoms with E-state index in [-0.39, 0.29) is 5.41 Å². The van der Waals surface area contributed by atoms with Gasteiger partial charge >= 0.3 is 0 Å². The summed E-state index contributed by atoms with van der Waals surface area (Å²) in [5, 5.41) is 3.42. The summed E-state index contributed by atoms with van der Waals surface area (Å²) in [6.45, 7) is 8.36. The van der Waals surface area contributed by atoms with Crippen LogP contribution in [0, 0.1) is 0 Å². The Morgan fingerprint density at radius 1 is 1.41 bits per heavy atom. The molecule has 1 aliphatic heterocycles. The Morgan fingerprint density at radius 2 is 2.24 bits per heavy atom. The predicted octanol–water partition coefficient (Wildman–Crippen LogP) is 2.51. The second kappa shape index (κ2) is 5.05. The Balaban J connectivity index is 1.89. The van der Waals surface area contributed by atoms with Gasteiger partial charge in [0.25, 0.3) is 0 Å². The molecule has 2 heterocycles. The Morgan fingerprint density at radius 3 is 2.76 bits per heavy atom. The molecule has 0 bridgehead atoms. The number of pyridine rings is 1. The maximum atomic E-state index is 5.73. The highest BCUT2D eigenvalue weighted by Gasteiger charge is 2.16. The van der Waals surface area contributed by atoms with E-state index in [0.29, 0.717) is 6.04 Å². The number of hydrogen-bond donors (Lipinski definition) is 1. The molecule has 0 aromatic carbocycles. The molecule has 0 radical (unpaired) electrons. The van der Waals surface area contributed by atoms with Crippen LogP contribution >= 0.6 is 0 Å². The van der Waals surface area contributed by atoms with Crippen LogP contribution in [-0.2, 0) is 5.41 Å². The number of ether oxygens (including phenoxy) is 1. The zero-order valence-electron chi connectivity index (χ0n) is 11.0. The molecule has 3 heteroatoms. The molecule has 0 spiro atoms. The van der Waals surface area contributed by atoms with Gasteiger partial charge in [-0.15, -0.1) is 0 Å². The number of nitrogens with one attached hydrogen (secondary N) is 1. The van der Waals surface area contributed by atoms with Gasteiger partial charge < -0.3 is 10.1 Å². The monoisotopic (exact) mass is 234 g/mol. The van der Waals surface area contributed by atoms with Crippen molar-refractivity contribution in [1.82, 2.24) is 10.3 Å². The van der Waals surface area contributed by atoms with Crippen LogP contribution in [0.1, 0.15) is 39.3 Å². The van der Waals surface area contributed by atoms with E-state index < -0.39 is 0 Å². The number of aromatic nitrogens is 1. The molecule has 2 rings (SSSR count). The molecule has 3 nitrogen and oxygen atoms in total. The van der Waals surface area contributed by atoms with Gasteiger partial charge in [-0.1, -0.05) is 20.8 Å². The summed E-state index contributed by atoms with van der Waals surface area (Å²) < 4.78 is 5.73. The summed E-state index contributed by atoms with van der Waals surface area (Å²) in [7, 11) is 0. The van der Waals surface area contributed by atoms with Crippen molar-refractivity contribution in [3.63, 3.8) is 0 Å². The Kier molecular flexibility index (Phi) is 3.67. The summed E-state index contributed by atoms with van der Waals surface area (Å²) in [5.41, 5.74) is 1.20. The molecule has 1 aliphatic rings. The summed E-state index contributed by atoms with van der Waals surface area (Å²) >= 11 is 0. The van der Waals surface area contributed by atoms with Crippen LogP contribution in [0.2, 0.25) is 0 Å². The lowest BCUT2D eigenvalue weighted by atomic mass is 9.92. The number of nitrogens with zero attached hydrogens (tertiary/aromatic N) is 1. The van der Waals surface area contributed by atoms with Crippen molar-refractivity contribution in [2.75, 3.05) is 13.2 Å². The van der Waals surface area contributed by atoms with E-state index in [4.69, 9.17) is 4.74 Å². The van der Waals surface area contributed by atoms with Crippen molar-refractivity contribution >= 4 is 0 Å². The number of rotatable bonds is 3. The van der Waals surface area contributed by atoms with Crippen LogP contribution in [0.3, 0.4) is 0 Å². The number of hydrogen-bond acceptors (Lipinski definition) is 3. The molecule has 17 heavy (non-hydrogen) atoms. The van der Waals surface area contributed by atoms with E-state index in [2.05, 4.69) is 37.1 Å². The van der Waals surface area contributed by atoms with Crippen LogP contribution in [0.4, 0.5) is 0 Å². The van der Waals surface area contributed by atoms with Gasteiger partial charge in [0.1, 0.15) is 12.4 Å². The Labute approximate surface area is 104 Å². The first-order valence-electron chi connectivity index (χ1n) is 6.38. The maximum Gasteiger partial charge on any atom is 0.137 e. The molecular weight excluding hydrogens is 212 g/mol. The van der Waals surface area contributed by atoms with Gasteiger partial charge in [-0.2, -0.15) is 0 Å². The van der Waals surface area contributed by atoms with Gasteiger partial charge in [0.2, 0.25) is 0 Å². The van der Waals surface area contributed by atoms with Crippen molar-refractivity contribution in [2.24, 2.45) is 0 Å². The SMILES string of the molecule is CC(C)(C)c1ccc(OC[C@H]2CCCN2)cn1. The highest BCUT2D eigenvalue weighted by atomic mass is 16.5. The fraction of sp³-hybridized carbons (Fsp3) is 0.643. The third kappa shape index (κ3) is 3.43. The van der Waals surface area contributed by atoms with E-state index in [1.807, 2.05) is 12.3 Å². The van der Waals surface area contributed by atoms with Crippen molar-refractivity contribution < 1.29 is 4.74 Å². The fourth-order valence-electron chi connectivity index (χ4n) is 2.01. The maximum absolute atomic E-state index is 5.73. The molecule has 1 atom stereocenters. The van der Waals surface area contributed by atoms with Crippen LogP contribution in [-0.4, -0.2) is 24.2 Å². The molecule has 1 aromatic heterocycles. The van der Waals surface area contributed by atoms with Gasteiger partial charge in [0, 0.05) is 17.2 Å². The fourth-order valence-corrected chi connectivity index (χ4v) is 2.01. The second-order valence-corrected chi connectivity index (χ2v) is 5.73. The zero-order valence-corrected chi connectivity index (χ0v) is 11.0. The van der Waals surface area contributed by atoms with Crippen LogP contribution in [0.25, 0.3) is 0 Å². The van der Waals surface area contributed by atoms with Gasteiger partial charge in [0.15, 0.2) is 0 Å². The summed E-state index contributed by atoms with van der Waals surface area (Å²) in [5.74, 6) is 0.867. The van der Waals surface area contributed by atoms with Crippen molar-refractivity contribution in [1.29, 1.82) is 0 Å². The standard InChI is InChI=1S/C14H22N2O/c1-14(2,3)13-7-6-12(9-16-13)17-10-11-5-4-8-15-11/h6-7,9,11,15H,4-5,8,10H2,1-3H3/t11-/m1/s1. The lowest BCUT2D eigenvalue weighted by Gasteiger charge is -2.18. The van der Waals surface area contributed by atoms with Crippen LogP contribution < -0.4 is 10.1 Å². The topological polar surface area (TPSA) is 34.1 Å². The summed E-state index contributed by atoms with van der Waals surface area (Å²) in [4.78, 5) is 4.45. The molecule has 0 saturated carbocycles. The average molecular weight is 234 g/mol. The first-order chi connectivity index (χ1) is 8.05. The summed E-state index contributed by atoms with van der Waals surface area (Å²) in [6.07, 6.45) is 4.30. The first-order valence-corrected chi connectivity index (χ1v) is 6.38. The molecule has 0 unspecified atom stereocenters. The van der Waals surface area contributed by atoms with E-state index in [1.165, 1.54) is 12.8 Å². The van der Waals surface area contributed by atoms with Crippen molar-refractivity contribution in [2.45, 2.75) is 45.1 Å². The average Bonchev–Trinajstić information content (AvgIpc) is 2.78.